The predicted octanol–water partition coefficient (Wildman–Crippen LogP) is 0.144. The molecule has 1 heterocycles. The van der Waals surface area contributed by atoms with Gasteiger partial charge in [0, 0.05) is 20.6 Å². The van der Waals surface area contributed by atoms with Crippen LogP contribution in [0.15, 0.2) is 0 Å². The third-order valence-corrected chi connectivity index (χ3v) is 2.22. The average molecular weight is 176 g/mol. The lowest BCUT2D eigenvalue weighted by molar-refractivity contribution is -0.241. The van der Waals surface area contributed by atoms with E-state index in [9.17, 15) is 5.11 Å². The molecule has 4 nitrogen and oxygen atoms in total. The van der Waals surface area contributed by atoms with Crippen LogP contribution in [-0.4, -0.2) is 43.9 Å². The zero-order valence-corrected chi connectivity index (χ0v) is 7.69. The van der Waals surface area contributed by atoms with Crippen molar-refractivity contribution in [3.05, 3.63) is 0 Å². The first kappa shape index (κ1) is 9.92. The molecule has 1 N–H and O–H groups in total. The van der Waals surface area contributed by atoms with Gasteiger partial charge in [0.1, 0.15) is 6.10 Å². The molecule has 1 fully saturated rings. The van der Waals surface area contributed by atoms with E-state index < -0.39 is 6.10 Å². The summed E-state index contributed by atoms with van der Waals surface area (Å²) in [6, 6.07) is 0. The molecule has 0 aromatic heterocycles. The standard InChI is InChI=1S/C8H16O4/c1-5-8(9)6(10-2)4-7(11-3)12-5/h5-9H,4H2,1-3H3/t5-,6+,7-,8?/m1/s1. The van der Waals surface area contributed by atoms with Gasteiger partial charge in [0.15, 0.2) is 6.29 Å². The first-order valence-electron chi connectivity index (χ1n) is 4.08. The average Bonchev–Trinajstić information content (AvgIpc) is 2.09. The van der Waals surface area contributed by atoms with E-state index in [4.69, 9.17) is 14.2 Å². The van der Waals surface area contributed by atoms with Gasteiger partial charge in [-0.3, -0.25) is 0 Å². The fraction of sp³-hybridized carbons (Fsp3) is 1.00. The molecule has 0 radical (unpaired) electrons. The Morgan fingerprint density at radius 2 is 2.00 bits per heavy atom. The van der Waals surface area contributed by atoms with Gasteiger partial charge in [-0.2, -0.15) is 0 Å². The third-order valence-electron chi connectivity index (χ3n) is 2.22. The van der Waals surface area contributed by atoms with Gasteiger partial charge < -0.3 is 19.3 Å². The Labute approximate surface area is 72.4 Å². The number of hydrogen-bond donors (Lipinski definition) is 1. The molecule has 1 aliphatic heterocycles. The van der Waals surface area contributed by atoms with Crippen molar-refractivity contribution in [1.82, 2.24) is 0 Å². The number of aliphatic hydroxyl groups excluding tert-OH is 1. The Kier molecular flexibility index (Phi) is 3.46. The summed E-state index contributed by atoms with van der Waals surface area (Å²) in [5.74, 6) is 0. The number of rotatable bonds is 2. The van der Waals surface area contributed by atoms with Crippen LogP contribution < -0.4 is 0 Å². The van der Waals surface area contributed by atoms with Gasteiger partial charge in [-0.1, -0.05) is 0 Å². The van der Waals surface area contributed by atoms with Gasteiger partial charge in [-0.05, 0) is 6.92 Å². The lowest BCUT2D eigenvalue weighted by atomic mass is 10.0. The molecule has 0 aromatic rings. The van der Waals surface area contributed by atoms with E-state index in [0.29, 0.717) is 6.42 Å². The second kappa shape index (κ2) is 4.18. The molecule has 12 heavy (non-hydrogen) atoms. The Balaban J connectivity index is 2.52. The maximum atomic E-state index is 9.55. The van der Waals surface area contributed by atoms with Gasteiger partial charge in [-0.15, -0.1) is 0 Å². The van der Waals surface area contributed by atoms with E-state index in [0.717, 1.165) is 0 Å². The largest absolute Gasteiger partial charge is 0.388 e. The molecule has 0 bridgehead atoms. The molecule has 0 spiro atoms. The third kappa shape index (κ3) is 1.95. The Morgan fingerprint density at radius 3 is 2.50 bits per heavy atom. The summed E-state index contributed by atoms with van der Waals surface area (Å²) in [6.07, 6.45) is -0.638. The van der Waals surface area contributed by atoms with E-state index in [-0.39, 0.29) is 18.5 Å². The number of methoxy groups -OCH3 is 2. The van der Waals surface area contributed by atoms with Gasteiger partial charge in [0.25, 0.3) is 0 Å². The molecule has 1 saturated heterocycles. The molecule has 1 unspecified atom stereocenters. The Bertz CT molecular complexity index is 139. The van der Waals surface area contributed by atoms with Crippen LogP contribution in [0.25, 0.3) is 0 Å². The highest BCUT2D eigenvalue weighted by atomic mass is 16.7. The molecular weight excluding hydrogens is 160 g/mol. The lowest BCUT2D eigenvalue weighted by Gasteiger charge is -2.36. The first-order chi connectivity index (χ1) is 5.69. The van der Waals surface area contributed by atoms with Crippen molar-refractivity contribution in [1.29, 1.82) is 0 Å². The van der Waals surface area contributed by atoms with Crippen molar-refractivity contribution in [2.45, 2.75) is 37.9 Å². The minimum Gasteiger partial charge on any atom is -0.388 e. The van der Waals surface area contributed by atoms with E-state index in [2.05, 4.69) is 0 Å². The fourth-order valence-electron chi connectivity index (χ4n) is 1.39. The quantitative estimate of drug-likeness (QED) is 0.650. The molecular formula is C8H16O4. The zero-order chi connectivity index (χ0) is 9.14. The molecule has 0 aromatic carbocycles. The normalized spacial score (nSPS) is 43.0. The summed E-state index contributed by atoms with van der Waals surface area (Å²) in [5, 5.41) is 9.55. The molecule has 1 aliphatic rings. The minimum absolute atomic E-state index is 0.182. The molecule has 4 heteroatoms. The van der Waals surface area contributed by atoms with E-state index in [1.165, 1.54) is 0 Å². The molecule has 4 atom stereocenters. The van der Waals surface area contributed by atoms with Crippen LogP contribution in [-0.2, 0) is 14.2 Å². The summed E-state index contributed by atoms with van der Waals surface area (Å²) >= 11 is 0. The SMILES string of the molecule is CO[C@H]1C[C@H](OC)C(O)[C@@H](C)O1. The maximum absolute atomic E-state index is 9.55. The van der Waals surface area contributed by atoms with Crippen LogP contribution in [0.1, 0.15) is 13.3 Å². The maximum Gasteiger partial charge on any atom is 0.160 e. The summed E-state index contributed by atoms with van der Waals surface area (Å²) in [5.41, 5.74) is 0. The monoisotopic (exact) mass is 176 g/mol. The summed E-state index contributed by atoms with van der Waals surface area (Å²) < 4.78 is 15.5. The smallest absolute Gasteiger partial charge is 0.160 e. The number of hydrogen-bond acceptors (Lipinski definition) is 4. The van der Waals surface area contributed by atoms with Crippen molar-refractivity contribution in [3.63, 3.8) is 0 Å². The van der Waals surface area contributed by atoms with Crippen molar-refractivity contribution < 1.29 is 19.3 Å². The van der Waals surface area contributed by atoms with Crippen LogP contribution in [0, 0.1) is 0 Å². The summed E-state index contributed by atoms with van der Waals surface area (Å²) in [6.45, 7) is 1.81. The van der Waals surface area contributed by atoms with Crippen molar-refractivity contribution in [3.8, 4) is 0 Å². The van der Waals surface area contributed by atoms with Crippen molar-refractivity contribution in [2.24, 2.45) is 0 Å². The molecule has 0 saturated carbocycles. The molecule has 1 rings (SSSR count). The van der Waals surface area contributed by atoms with Crippen LogP contribution >= 0.6 is 0 Å². The predicted molar refractivity (Wildman–Crippen MR) is 42.8 cm³/mol. The van der Waals surface area contributed by atoms with E-state index in [1.54, 1.807) is 14.2 Å². The topological polar surface area (TPSA) is 47.9 Å². The first-order valence-corrected chi connectivity index (χ1v) is 4.08. The molecule has 72 valence electrons. The number of aliphatic hydroxyl groups is 1. The van der Waals surface area contributed by atoms with E-state index in [1.807, 2.05) is 6.92 Å². The van der Waals surface area contributed by atoms with Crippen LogP contribution in [0.3, 0.4) is 0 Å². The highest BCUT2D eigenvalue weighted by molar-refractivity contribution is 4.80. The van der Waals surface area contributed by atoms with Gasteiger partial charge >= 0.3 is 0 Å². The minimum atomic E-state index is -0.554. The summed E-state index contributed by atoms with van der Waals surface area (Å²) in [7, 11) is 3.17. The van der Waals surface area contributed by atoms with E-state index >= 15 is 0 Å². The zero-order valence-electron chi connectivity index (χ0n) is 7.69. The van der Waals surface area contributed by atoms with Crippen LogP contribution in [0.2, 0.25) is 0 Å². The highest BCUT2D eigenvalue weighted by Crippen LogP contribution is 2.22. The molecule has 0 aliphatic carbocycles. The Morgan fingerprint density at radius 1 is 1.33 bits per heavy atom. The van der Waals surface area contributed by atoms with Gasteiger partial charge in [-0.25, -0.2) is 0 Å². The van der Waals surface area contributed by atoms with Crippen LogP contribution in [0.5, 0.6) is 0 Å². The van der Waals surface area contributed by atoms with Crippen molar-refractivity contribution in [2.75, 3.05) is 14.2 Å². The lowest BCUT2D eigenvalue weighted by Crippen LogP contribution is -2.48. The highest BCUT2D eigenvalue weighted by Gasteiger charge is 2.35. The second-order valence-electron chi connectivity index (χ2n) is 3.01. The number of ether oxygens (including phenoxy) is 3. The summed E-state index contributed by atoms with van der Waals surface area (Å²) in [4.78, 5) is 0. The van der Waals surface area contributed by atoms with Crippen molar-refractivity contribution >= 4 is 0 Å². The molecule has 0 amide bonds. The van der Waals surface area contributed by atoms with Gasteiger partial charge in [0.2, 0.25) is 0 Å². The van der Waals surface area contributed by atoms with Gasteiger partial charge in [0.05, 0.1) is 12.2 Å². The second-order valence-corrected chi connectivity index (χ2v) is 3.01. The van der Waals surface area contributed by atoms with Crippen LogP contribution in [0.4, 0.5) is 0 Å². The fourth-order valence-corrected chi connectivity index (χ4v) is 1.39. The Hall–Kier alpha value is -0.160.